The minimum Gasteiger partial charge on any atom is -0.465 e. The first kappa shape index (κ1) is 24.3. The first-order chi connectivity index (χ1) is 15.4. The molecule has 1 aliphatic heterocycles. The van der Waals surface area contributed by atoms with Gasteiger partial charge in [0, 0.05) is 39.3 Å². The second-order valence-electron chi connectivity index (χ2n) is 7.89. The zero-order chi connectivity index (χ0) is 23.0. The number of nitrogens with one attached hydrogen (secondary N) is 1. The molecule has 1 atom stereocenters. The maximum absolute atomic E-state index is 13.0. The summed E-state index contributed by atoms with van der Waals surface area (Å²) in [5, 5.41) is 9.13. The number of benzene rings is 2. The molecule has 1 saturated heterocycles. The van der Waals surface area contributed by atoms with E-state index in [1.54, 1.807) is 24.3 Å². The Balaban J connectivity index is 1.68. The summed E-state index contributed by atoms with van der Waals surface area (Å²) in [5.74, 6) is -0.636. The van der Waals surface area contributed by atoms with Crippen LogP contribution in [0, 0.1) is 0 Å². The standard InChI is InChI=1S/C23H31N3O5S/c1-31-23(28)21-9-7-19(8-10-21)18-32(29,30)24-22(20-5-3-2-4-6-20)17-26-13-11-25(12-14-26)15-16-27/h2-10,22,24,27H,11-18H2,1H3. The van der Waals surface area contributed by atoms with E-state index in [0.29, 0.717) is 24.2 Å². The fraction of sp³-hybridized carbons (Fsp3) is 0.435. The molecule has 1 fully saturated rings. The lowest BCUT2D eigenvalue weighted by atomic mass is 10.1. The van der Waals surface area contributed by atoms with Crippen molar-refractivity contribution in [3.8, 4) is 0 Å². The van der Waals surface area contributed by atoms with E-state index in [-0.39, 0.29) is 18.4 Å². The summed E-state index contributed by atoms with van der Waals surface area (Å²) in [4.78, 5) is 16.0. The normalized spacial score (nSPS) is 16.6. The van der Waals surface area contributed by atoms with E-state index in [9.17, 15) is 13.2 Å². The van der Waals surface area contributed by atoms with Crippen LogP contribution >= 0.6 is 0 Å². The number of nitrogens with zero attached hydrogens (tertiary/aromatic N) is 2. The Bertz CT molecular complexity index is 959. The average Bonchev–Trinajstić information content (AvgIpc) is 2.80. The van der Waals surface area contributed by atoms with Crippen LogP contribution < -0.4 is 4.72 Å². The van der Waals surface area contributed by atoms with Crippen LogP contribution in [0.3, 0.4) is 0 Å². The maximum Gasteiger partial charge on any atom is 0.337 e. The van der Waals surface area contributed by atoms with Crippen LogP contribution in [0.1, 0.15) is 27.5 Å². The number of esters is 1. The Morgan fingerprint density at radius 2 is 1.66 bits per heavy atom. The van der Waals surface area contributed by atoms with Crippen molar-refractivity contribution in [2.24, 2.45) is 0 Å². The van der Waals surface area contributed by atoms with Crippen molar-refractivity contribution in [3.05, 3.63) is 71.3 Å². The van der Waals surface area contributed by atoms with Gasteiger partial charge in [0.15, 0.2) is 0 Å². The van der Waals surface area contributed by atoms with Gasteiger partial charge < -0.3 is 9.84 Å². The van der Waals surface area contributed by atoms with Crippen molar-refractivity contribution < 1.29 is 23.1 Å². The number of ether oxygens (including phenoxy) is 1. The van der Waals surface area contributed by atoms with E-state index in [0.717, 1.165) is 31.7 Å². The van der Waals surface area contributed by atoms with Crippen molar-refractivity contribution >= 4 is 16.0 Å². The monoisotopic (exact) mass is 461 g/mol. The minimum atomic E-state index is -3.63. The van der Waals surface area contributed by atoms with Gasteiger partial charge in [-0.2, -0.15) is 0 Å². The summed E-state index contributed by atoms with van der Waals surface area (Å²) in [6, 6.07) is 15.6. The molecule has 0 aromatic heterocycles. The average molecular weight is 462 g/mol. The molecule has 0 aliphatic carbocycles. The Labute approximate surface area is 189 Å². The molecule has 1 heterocycles. The molecule has 3 rings (SSSR count). The van der Waals surface area contributed by atoms with Crippen molar-refractivity contribution in [2.75, 3.05) is 53.0 Å². The molecule has 32 heavy (non-hydrogen) atoms. The third-order valence-electron chi connectivity index (χ3n) is 5.58. The molecule has 8 nitrogen and oxygen atoms in total. The Morgan fingerprint density at radius 3 is 2.25 bits per heavy atom. The molecule has 0 amide bonds. The number of aliphatic hydroxyl groups is 1. The van der Waals surface area contributed by atoms with Gasteiger partial charge in [0.1, 0.15) is 0 Å². The van der Waals surface area contributed by atoms with E-state index >= 15 is 0 Å². The SMILES string of the molecule is COC(=O)c1ccc(CS(=O)(=O)NC(CN2CCN(CCO)CC2)c2ccccc2)cc1. The number of aliphatic hydroxyl groups excluding tert-OH is 1. The fourth-order valence-electron chi connectivity index (χ4n) is 3.82. The predicted molar refractivity (Wildman–Crippen MR) is 123 cm³/mol. The number of sulfonamides is 1. The quantitative estimate of drug-likeness (QED) is 0.514. The van der Waals surface area contributed by atoms with Gasteiger partial charge in [-0.3, -0.25) is 9.80 Å². The summed E-state index contributed by atoms with van der Waals surface area (Å²) >= 11 is 0. The molecule has 1 aliphatic rings. The molecular formula is C23H31N3O5S. The third-order valence-corrected chi connectivity index (χ3v) is 6.93. The molecule has 0 spiro atoms. The number of hydrogen-bond acceptors (Lipinski definition) is 7. The largest absolute Gasteiger partial charge is 0.465 e. The van der Waals surface area contributed by atoms with Gasteiger partial charge in [0.2, 0.25) is 10.0 Å². The topological polar surface area (TPSA) is 99.2 Å². The lowest BCUT2D eigenvalue weighted by molar-refractivity contribution is 0.0600. The second kappa shape index (κ2) is 11.5. The van der Waals surface area contributed by atoms with Gasteiger partial charge in [0.05, 0.1) is 31.1 Å². The summed E-state index contributed by atoms with van der Waals surface area (Å²) in [7, 11) is -2.32. The molecule has 1 unspecified atom stereocenters. The highest BCUT2D eigenvalue weighted by molar-refractivity contribution is 7.88. The van der Waals surface area contributed by atoms with Crippen molar-refractivity contribution in [3.63, 3.8) is 0 Å². The fourth-order valence-corrected chi connectivity index (χ4v) is 5.18. The van der Waals surface area contributed by atoms with Crippen LogP contribution in [0.15, 0.2) is 54.6 Å². The molecule has 2 N–H and O–H groups in total. The minimum absolute atomic E-state index is 0.146. The van der Waals surface area contributed by atoms with E-state index in [1.807, 2.05) is 30.3 Å². The molecule has 0 bridgehead atoms. The van der Waals surface area contributed by atoms with Crippen LogP contribution in [-0.2, 0) is 20.5 Å². The lowest BCUT2D eigenvalue weighted by Gasteiger charge is -2.36. The van der Waals surface area contributed by atoms with Gasteiger partial charge in [-0.05, 0) is 23.3 Å². The number of β-amino-alcohol motifs (C(OH)–C–C–N with tert-alkyl or cyclic N) is 1. The first-order valence-corrected chi connectivity index (χ1v) is 12.3. The second-order valence-corrected chi connectivity index (χ2v) is 9.65. The molecule has 0 saturated carbocycles. The molecule has 2 aromatic rings. The zero-order valence-corrected chi connectivity index (χ0v) is 19.1. The van der Waals surface area contributed by atoms with Gasteiger partial charge in [-0.25, -0.2) is 17.9 Å². The molecular weight excluding hydrogens is 430 g/mol. The van der Waals surface area contributed by atoms with Crippen LogP contribution in [0.4, 0.5) is 0 Å². The van der Waals surface area contributed by atoms with Crippen molar-refractivity contribution in [1.82, 2.24) is 14.5 Å². The number of carbonyl (C=O) groups is 1. The van der Waals surface area contributed by atoms with Crippen LogP contribution in [-0.4, -0.2) is 82.3 Å². The van der Waals surface area contributed by atoms with Crippen LogP contribution in [0.2, 0.25) is 0 Å². The van der Waals surface area contributed by atoms with E-state index < -0.39 is 16.0 Å². The predicted octanol–water partition coefficient (Wildman–Crippen LogP) is 1.24. The summed E-state index contributed by atoms with van der Waals surface area (Å²) in [6.45, 7) is 4.71. The highest BCUT2D eigenvalue weighted by Crippen LogP contribution is 2.18. The number of hydrogen-bond donors (Lipinski definition) is 2. The highest BCUT2D eigenvalue weighted by atomic mass is 32.2. The van der Waals surface area contributed by atoms with Crippen LogP contribution in [0.25, 0.3) is 0 Å². The number of methoxy groups -OCH3 is 1. The van der Waals surface area contributed by atoms with Crippen molar-refractivity contribution in [1.29, 1.82) is 0 Å². The molecule has 174 valence electrons. The van der Waals surface area contributed by atoms with Gasteiger partial charge in [0.25, 0.3) is 0 Å². The summed E-state index contributed by atoms with van der Waals surface area (Å²) < 4.78 is 33.5. The molecule has 9 heteroatoms. The Hall–Kier alpha value is -2.30. The van der Waals surface area contributed by atoms with Gasteiger partial charge in [-0.1, -0.05) is 42.5 Å². The number of carbonyl (C=O) groups excluding carboxylic acids is 1. The Morgan fingerprint density at radius 1 is 1.03 bits per heavy atom. The summed E-state index contributed by atoms with van der Waals surface area (Å²) in [6.07, 6.45) is 0. The van der Waals surface area contributed by atoms with E-state index in [1.165, 1.54) is 7.11 Å². The maximum atomic E-state index is 13.0. The van der Waals surface area contributed by atoms with Gasteiger partial charge >= 0.3 is 5.97 Å². The smallest absolute Gasteiger partial charge is 0.337 e. The van der Waals surface area contributed by atoms with Crippen LogP contribution in [0.5, 0.6) is 0 Å². The number of piperazine rings is 1. The lowest BCUT2D eigenvalue weighted by Crippen LogP contribution is -2.49. The van der Waals surface area contributed by atoms with Crippen molar-refractivity contribution in [2.45, 2.75) is 11.8 Å². The zero-order valence-electron chi connectivity index (χ0n) is 18.3. The highest BCUT2D eigenvalue weighted by Gasteiger charge is 2.25. The van der Waals surface area contributed by atoms with E-state index in [2.05, 4.69) is 19.3 Å². The first-order valence-electron chi connectivity index (χ1n) is 10.7. The molecule has 0 radical (unpaired) electrons. The number of rotatable bonds is 10. The van der Waals surface area contributed by atoms with Gasteiger partial charge in [-0.15, -0.1) is 0 Å². The van der Waals surface area contributed by atoms with E-state index in [4.69, 9.17) is 5.11 Å². The Kier molecular flexibility index (Phi) is 8.77. The molecule has 2 aromatic carbocycles. The third kappa shape index (κ3) is 7.11. The summed E-state index contributed by atoms with van der Waals surface area (Å²) in [5.41, 5.74) is 1.88.